The van der Waals surface area contributed by atoms with Crippen LogP contribution in [0.25, 0.3) is 0 Å². The maximum atomic E-state index is 10.3. The molecule has 0 saturated heterocycles. The first-order valence-corrected chi connectivity index (χ1v) is 7.52. The molecule has 0 atom stereocenters. The van der Waals surface area contributed by atoms with E-state index in [4.69, 9.17) is 10.2 Å². The molecule has 0 bridgehead atoms. The van der Waals surface area contributed by atoms with Crippen LogP contribution in [0.2, 0.25) is 0 Å². The second-order valence-electron chi connectivity index (χ2n) is 3.42. The van der Waals surface area contributed by atoms with Crippen LogP contribution in [0.5, 0.6) is 0 Å². The van der Waals surface area contributed by atoms with Gasteiger partial charge >= 0.3 is 12.2 Å². The van der Waals surface area contributed by atoms with Crippen LogP contribution in [0.15, 0.2) is 0 Å². The minimum Gasteiger partial charge on any atom is -0.450 e. The fourth-order valence-electron chi connectivity index (χ4n) is 0.820. The monoisotopic (exact) mass is 344 g/mol. The van der Waals surface area contributed by atoms with Crippen LogP contribution in [0.3, 0.4) is 0 Å². The second-order valence-corrected chi connectivity index (χ2v) is 3.42. The van der Waals surface area contributed by atoms with E-state index in [9.17, 15) is 9.59 Å². The molecule has 0 aromatic heterocycles. The summed E-state index contributed by atoms with van der Waals surface area (Å²) in [6.07, 6.45) is -0.676. The number of hydrogen-bond donors (Lipinski definition) is 4. The number of hydrogen-bond acceptors (Lipinski definition) is 6. The summed E-state index contributed by atoms with van der Waals surface area (Å²) in [4.78, 5) is 20.6. The van der Waals surface area contributed by atoms with Crippen molar-refractivity contribution in [2.24, 2.45) is 0 Å². The van der Waals surface area contributed by atoms with Crippen LogP contribution in [-0.2, 0) is 9.47 Å². The molecule has 8 nitrogen and oxygen atoms in total. The van der Waals surface area contributed by atoms with Gasteiger partial charge in [-0.25, -0.2) is 9.59 Å². The smallest absolute Gasteiger partial charge is 0.407 e. The van der Waals surface area contributed by atoms with Gasteiger partial charge in [0.05, 0.1) is 13.2 Å². The molecule has 0 aliphatic heterocycles. The predicted molar refractivity (Wildman–Crippen MR) is 91.1 cm³/mol. The van der Waals surface area contributed by atoms with Gasteiger partial charge in [-0.1, -0.05) is 11.8 Å². The molecule has 2 amide bonds. The molecule has 0 saturated carbocycles. The maximum absolute atomic E-state index is 10.3. The summed E-state index contributed by atoms with van der Waals surface area (Å²) in [6.45, 7) is 8.99. The highest BCUT2D eigenvalue weighted by molar-refractivity contribution is 5.67. The summed E-state index contributed by atoms with van der Waals surface area (Å²) in [5.41, 5.74) is 0. The van der Waals surface area contributed by atoms with Gasteiger partial charge in [0.15, 0.2) is 0 Å². The van der Waals surface area contributed by atoms with E-state index in [2.05, 4.69) is 43.8 Å². The predicted octanol–water partition coefficient (Wildman–Crippen LogP) is 0.483. The number of rotatable bonds is 4. The van der Waals surface area contributed by atoms with Gasteiger partial charge in [0.2, 0.25) is 0 Å². The Hall–Kier alpha value is -2.42. The van der Waals surface area contributed by atoms with E-state index in [-0.39, 0.29) is 25.4 Å². The molecule has 0 radical (unpaired) electrons. The lowest BCUT2D eigenvalue weighted by Gasteiger charge is -1.99. The molecule has 138 valence electrons. The van der Waals surface area contributed by atoms with Crippen molar-refractivity contribution in [2.45, 2.75) is 27.7 Å². The lowest BCUT2D eigenvalue weighted by molar-refractivity contribution is 0.152. The van der Waals surface area contributed by atoms with Crippen molar-refractivity contribution in [2.75, 3.05) is 39.5 Å². The van der Waals surface area contributed by atoms with Gasteiger partial charge in [-0.05, 0) is 39.5 Å². The maximum Gasteiger partial charge on any atom is 0.407 e. The number of alkyl carbamates (subject to hydrolysis) is 2. The molecule has 0 aromatic rings. The largest absolute Gasteiger partial charge is 0.450 e. The topological polar surface area (TPSA) is 117 Å². The lowest BCUT2D eigenvalue weighted by atomic mass is 10.5. The van der Waals surface area contributed by atoms with Crippen LogP contribution in [0.4, 0.5) is 9.59 Å². The van der Waals surface area contributed by atoms with Crippen LogP contribution < -0.4 is 10.6 Å². The van der Waals surface area contributed by atoms with Gasteiger partial charge in [0.1, 0.15) is 13.2 Å². The minimum absolute atomic E-state index is 0.180. The van der Waals surface area contributed by atoms with Crippen LogP contribution in [0, 0.1) is 23.7 Å². The first kappa shape index (κ1) is 26.5. The van der Waals surface area contributed by atoms with Crippen molar-refractivity contribution in [3.05, 3.63) is 0 Å². The molecule has 0 fully saturated rings. The zero-order valence-electron chi connectivity index (χ0n) is 14.8. The summed E-state index contributed by atoms with van der Waals surface area (Å²) in [7, 11) is 0. The summed E-state index contributed by atoms with van der Waals surface area (Å²) in [6, 6.07) is 0. The summed E-state index contributed by atoms with van der Waals surface area (Å²) < 4.78 is 9.06. The minimum atomic E-state index is -0.338. The Labute approximate surface area is 143 Å². The average molecular weight is 344 g/mol. The molecule has 0 spiro atoms. The average Bonchev–Trinajstić information content (AvgIpc) is 2.54. The zero-order valence-corrected chi connectivity index (χ0v) is 14.8. The third kappa shape index (κ3) is 31.8. The Morgan fingerprint density at radius 2 is 1.12 bits per heavy atom. The fourth-order valence-corrected chi connectivity index (χ4v) is 0.820. The van der Waals surface area contributed by atoms with Gasteiger partial charge < -0.3 is 30.3 Å². The molecule has 0 rings (SSSR count). The first-order chi connectivity index (χ1) is 11.5. The molecule has 0 aliphatic rings. The normalized spacial score (nSPS) is 7.42. The van der Waals surface area contributed by atoms with Gasteiger partial charge in [-0.3, -0.25) is 0 Å². The van der Waals surface area contributed by atoms with Crippen molar-refractivity contribution < 1.29 is 29.3 Å². The molecule has 0 aliphatic carbocycles. The number of carbonyl (C=O) groups excluding carboxylic acids is 2. The van der Waals surface area contributed by atoms with E-state index in [1.54, 1.807) is 13.8 Å². The quantitative estimate of drug-likeness (QED) is 0.551. The number of carbonyl (C=O) groups is 2. The number of aliphatic hydroxyl groups excluding tert-OH is 2. The van der Waals surface area contributed by atoms with Crippen molar-refractivity contribution >= 4 is 12.2 Å². The Kier molecular flexibility index (Phi) is 28.2. The van der Waals surface area contributed by atoms with Crippen molar-refractivity contribution in [1.82, 2.24) is 10.6 Å². The second kappa shape index (κ2) is 25.5. The Balaban J connectivity index is -0.000000276. The SMILES string of the molecule is CCNC(=O)OCC.CCNC(=O)OCC.OCC#CC#CCO. The van der Waals surface area contributed by atoms with E-state index in [0.717, 1.165) is 0 Å². The number of nitrogens with one attached hydrogen (secondary N) is 2. The highest BCUT2D eigenvalue weighted by Gasteiger charge is 1.93. The third-order valence-corrected chi connectivity index (χ3v) is 1.59. The van der Waals surface area contributed by atoms with Crippen molar-refractivity contribution in [1.29, 1.82) is 0 Å². The Morgan fingerprint density at radius 1 is 0.792 bits per heavy atom. The molecule has 4 N–H and O–H groups in total. The van der Waals surface area contributed by atoms with Crippen LogP contribution >= 0.6 is 0 Å². The number of ether oxygens (including phenoxy) is 2. The Bertz CT molecular complexity index is 362. The van der Waals surface area contributed by atoms with Crippen molar-refractivity contribution in [3.63, 3.8) is 0 Å². The van der Waals surface area contributed by atoms with E-state index in [0.29, 0.717) is 26.3 Å². The third-order valence-electron chi connectivity index (χ3n) is 1.59. The van der Waals surface area contributed by atoms with E-state index < -0.39 is 0 Å². The van der Waals surface area contributed by atoms with Gasteiger partial charge in [0.25, 0.3) is 0 Å². The van der Waals surface area contributed by atoms with Crippen molar-refractivity contribution in [3.8, 4) is 23.7 Å². The number of aliphatic hydroxyl groups is 2. The van der Waals surface area contributed by atoms with Gasteiger partial charge in [-0.2, -0.15) is 0 Å². The molecule has 8 heteroatoms. The molecule has 0 unspecified atom stereocenters. The molecular weight excluding hydrogens is 316 g/mol. The van der Waals surface area contributed by atoms with Crippen LogP contribution in [0.1, 0.15) is 27.7 Å². The standard InChI is InChI=1S/C6H6O2.2C5H11NO2/c7-5-3-1-2-4-6-8;2*1-3-6-5(7)8-4-2/h7-8H,5-6H2;2*3-4H2,1-2H3,(H,6,7). The fraction of sp³-hybridized carbons (Fsp3) is 0.625. The van der Waals surface area contributed by atoms with E-state index in [1.165, 1.54) is 0 Å². The highest BCUT2D eigenvalue weighted by atomic mass is 16.5. The lowest BCUT2D eigenvalue weighted by Crippen LogP contribution is -2.23. The van der Waals surface area contributed by atoms with Gasteiger partial charge in [0, 0.05) is 13.1 Å². The molecule has 0 aromatic carbocycles. The van der Waals surface area contributed by atoms with E-state index in [1.807, 2.05) is 13.8 Å². The highest BCUT2D eigenvalue weighted by Crippen LogP contribution is 1.73. The summed E-state index contributed by atoms with van der Waals surface area (Å²) in [5.74, 6) is 9.24. The Morgan fingerprint density at radius 3 is 1.33 bits per heavy atom. The van der Waals surface area contributed by atoms with Crippen LogP contribution in [-0.4, -0.2) is 61.9 Å². The van der Waals surface area contributed by atoms with Gasteiger partial charge in [-0.15, -0.1) is 0 Å². The zero-order chi connectivity index (χ0) is 19.1. The molecule has 24 heavy (non-hydrogen) atoms. The molecular formula is C16H28N2O6. The summed E-state index contributed by atoms with van der Waals surface area (Å²) >= 11 is 0. The summed E-state index contributed by atoms with van der Waals surface area (Å²) in [5, 5.41) is 21.1. The number of amides is 2. The molecule has 0 heterocycles. The first-order valence-electron chi connectivity index (χ1n) is 7.52. The van der Waals surface area contributed by atoms with E-state index >= 15 is 0 Å².